The molecular weight excluding hydrogens is 447 g/mol. The number of halogens is 1. The number of sulfonamides is 1. The van der Waals surface area contributed by atoms with Crippen LogP contribution in [0.1, 0.15) is 27.2 Å². The molecule has 2 aliphatic rings. The van der Waals surface area contributed by atoms with Gasteiger partial charge in [-0.2, -0.15) is 4.31 Å². The molecule has 9 nitrogen and oxygen atoms in total. The highest BCUT2D eigenvalue weighted by atomic mass is 32.2. The zero-order valence-corrected chi connectivity index (χ0v) is 20.2. The fraction of sp³-hybridized carbons (Fsp3) is 0.591. The van der Waals surface area contributed by atoms with Gasteiger partial charge in [0.05, 0.1) is 24.5 Å². The minimum Gasteiger partial charge on any atom is -0.336 e. The molecule has 4 rings (SSSR count). The molecule has 4 atom stereocenters. The normalized spacial score (nSPS) is 24.8. The Kier molecular flexibility index (Phi) is 6.08. The first-order chi connectivity index (χ1) is 15.4. The average molecular weight is 479 g/mol. The van der Waals surface area contributed by atoms with E-state index in [1.165, 1.54) is 22.7 Å². The molecule has 0 unspecified atom stereocenters. The van der Waals surface area contributed by atoms with Crippen LogP contribution in [0.5, 0.6) is 0 Å². The van der Waals surface area contributed by atoms with Crippen LogP contribution in [0.3, 0.4) is 0 Å². The Bertz CT molecular complexity index is 1130. The molecule has 0 saturated carbocycles. The Labute approximate surface area is 193 Å². The van der Waals surface area contributed by atoms with Gasteiger partial charge in [0, 0.05) is 37.2 Å². The van der Waals surface area contributed by atoms with E-state index in [2.05, 4.69) is 10.3 Å². The Hall–Kier alpha value is -2.37. The lowest BCUT2D eigenvalue weighted by Crippen LogP contribution is -2.54. The fourth-order valence-electron chi connectivity index (χ4n) is 4.89. The number of nitrogens with two attached hydrogens (primary N) is 1. The predicted octanol–water partition coefficient (Wildman–Crippen LogP) is 1.32. The number of fused-ring (bicyclic) bond motifs is 1. The van der Waals surface area contributed by atoms with Crippen molar-refractivity contribution in [1.82, 2.24) is 24.2 Å². The lowest BCUT2D eigenvalue weighted by atomic mass is 9.86. The summed E-state index contributed by atoms with van der Waals surface area (Å²) in [4.78, 5) is 15.0. The number of aromatic nitrogens is 3. The summed E-state index contributed by atoms with van der Waals surface area (Å²) in [5, 5.41) is 8.39. The van der Waals surface area contributed by atoms with Crippen molar-refractivity contribution in [2.24, 2.45) is 17.1 Å². The monoisotopic (exact) mass is 478 g/mol. The SMILES string of the molecule is CC(C)(C)[C@H](N)C(=O)N1CC[C@@H]2[C@H]1[C@@H](Cn1cc(-c3ccc(F)cc3)nn1)CN2S(C)(=O)=O. The molecule has 2 saturated heterocycles. The second kappa shape index (κ2) is 8.44. The standard InChI is InChI=1S/C22H31FN6O3S/c1-22(2,3)20(24)21(30)28-10-9-18-19(28)15(12-29(18)33(4,31)32)11-27-13-17(25-26-27)14-5-7-16(23)8-6-14/h5-8,13,15,18-20H,9-12,24H2,1-4H3/t15-,18+,19+,20+/m0/s1. The van der Waals surface area contributed by atoms with Crippen molar-refractivity contribution in [2.45, 2.75) is 51.9 Å². The van der Waals surface area contributed by atoms with Crippen LogP contribution in [0.15, 0.2) is 30.5 Å². The topological polar surface area (TPSA) is 114 Å². The molecule has 1 aromatic carbocycles. The number of carbonyl (C=O) groups is 1. The second-order valence-electron chi connectivity index (χ2n) is 10.1. The van der Waals surface area contributed by atoms with Crippen molar-refractivity contribution in [3.63, 3.8) is 0 Å². The summed E-state index contributed by atoms with van der Waals surface area (Å²) in [7, 11) is -3.44. The molecular formula is C22H31FN6O3S. The number of nitrogens with zero attached hydrogens (tertiary/aromatic N) is 5. The van der Waals surface area contributed by atoms with E-state index < -0.39 is 21.5 Å². The van der Waals surface area contributed by atoms with Crippen LogP contribution in [0.2, 0.25) is 0 Å². The van der Waals surface area contributed by atoms with Crippen molar-refractivity contribution in [2.75, 3.05) is 19.3 Å². The minimum absolute atomic E-state index is 0.152. The van der Waals surface area contributed by atoms with E-state index in [1.54, 1.807) is 27.9 Å². The number of carbonyl (C=O) groups excluding carboxylic acids is 1. The Morgan fingerprint density at radius 3 is 2.55 bits per heavy atom. The van der Waals surface area contributed by atoms with Gasteiger partial charge in [-0.3, -0.25) is 9.48 Å². The molecule has 0 bridgehead atoms. The number of likely N-dealkylation sites (tertiary alicyclic amines) is 1. The highest BCUT2D eigenvalue weighted by molar-refractivity contribution is 7.88. The van der Waals surface area contributed by atoms with Gasteiger partial charge in [-0.15, -0.1) is 5.10 Å². The number of rotatable bonds is 5. The molecule has 180 valence electrons. The highest BCUT2D eigenvalue weighted by Gasteiger charge is 2.53. The van der Waals surface area contributed by atoms with Gasteiger partial charge in [0.2, 0.25) is 15.9 Å². The van der Waals surface area contributed by atoms with E-state index in [9.17, 15) is 17.6 Å². The largest absolute Gasteiger partial charge is 0.336 e. The Balaban J connectivity index is 1.60. The summed E-state index contributed by atoms with van der Waals surface area (Å²) in [6.45, 7) is 6.93. The van der Waals surface area contributed by atoms with Crippen LogP contribution in [-0.4, -0.2) is 76.0 Å². The van der Waals surface area contributed by atoms with E-state index in [-0.39, 0.29) is 29.7 Å². The predicted molar refractivity (Wildman–Crippen MR) is 122 cm³/mol. The van der Waals surface area contributed by atoms with E-state index in [4.69, 9.17) is 5.73 Å². The van der Waals surface area contributed by atoms with Crippen LogP contribution < -0.4 is 5.73 Å². The zero-order valence-electron chi connectivity index (χ0n) is 19.3. The first kappa shape index (κ1) is 23.8. The van der Waals surface area contributed by atoms with E-state index >= 15 is 0 Å². The third kappa shape index (κ3) is 4.67. The molecule has 0 aliphatic carbocycles. The van der Waals surface area contributed by atoms with E-state index in [1.807, 2.05) is 20.8 Å². The summed E-state index contributed by atoms with van der Waals surface area (Å²) in [5.41, 5.74) is 7.20. The highest BCUT2D eigenvalue weighted by Crippen LogP contribution is 2.39. The van der Waals surface area contributed by atoms with Crippen LogP contribution >= 0.6 is 0 Å². The smallest absolute Gasteiger partial charge is 0.240 e. The summed E-state index contributed by atoms with van der Waals surface area (Å²) in [6, 6.07) is 4.75. The maximum atomic E-state index is 13.3. The molecule has 0 radical (unpaired) electrons. The number of hydrogen-bond donors (Lipinski definition) is 1. The van der Waals surface area contributed by atoms with Crippen LogP contribution in [0, 0.1) is 17.2 Å². The molecule has 33 heavy (non-hydrogen) atoms. The summed E-state index contributed by atoms with van der Waals surface area (Å²) in [6.07, 6.45) is 3.54. The molecule has 2 N–H and O–H groups in total. The van der Waals surface area contributed by atoms with Gasteiger partial charge in [-0.25, -0.2) is 12.8 Å². The van der Waals surface area contributed by atoms with Crippen molar-refractivity contribution < 1.29 is 17.6 Å². The van der Waals surface area contributed by atoms with Crippen molar-refractivity contribution >= 4 is 15.9 Å². The number of amides is 1. The molecule has 11 heteroatoms. The summed E-state index contributed by atoms with van der Waals surface area (Å²) >= 11 is 0. The quantitative estimate of drug-likeness (QED) is 0.693. The van der Waals surface area contributed by atoms with E-state index in [0.29, 0.717) is 31.7 Å². The molecule has 2 aliphatic heterocycles. The van der Waals surface area contributed by atoms with Gasteiger partial charge < -0.3 is 10.6 Å². The maximum Gasteiger partial charge on any atom is 0.240 e. The third-order valence-corrected chi connectivity index (χ3v) is 7.97. The zero-order chi connectivity index (χ0) is 24.1. The Morgan fingerprint density at radius 1 is 1.27 bits per heavy atom. The summed E-state index contributed by atoms with van der Waals surface area (Å²) < 4.78 is 41.4. The number of hydrogen-bond acceptors (Lipinski definition) is 6. The number of benzene rings is 1. The Morgan fingerprint density at radius 2 is 1.94 bits per heavy atom. The maximum absolute atomic E-state index is 13.3. The fourth-order valence-corrected chi connectivity index (χ4v) is 6.07. The lowest BCUT2D eigenvalue weighted by Gasteiger charge is -2.34. The second-order valence-corrected chi connectivity index (χ2v) is 12.1. The van der Waals surface area contributed by atoms with Gasteiger partial charge >= 0.3 is 0 Å². The van der Waals surface area contributed by atoms with Gasteiger partial charge in [0.15, 0.2) is 0 Å². The third-order valence-electron chi connectivity index (χ3n) is 6.70. The van der Waals surface area contributed by atoms with Gasteiger partial charge in [0.25, 0.3) is 0 Å². The molecule has 1 aromatic heterocycles. The van der Waals surface area contributed by atoms with Crippen molar-refractivity contribution in [1.29, 1.82) is 0 Å². The van der Waals surface area contributed by atoms with Crippen molar-refractivity contribution in [3.05, 3.63) is 36.3 Å². The molecule has 0 spiro atoms. The van der Waals surface area contributed by atoms with E-state index in [0.717, 1.165) is 5.56 Å². The van der Waals surface area contributed by atoms with Crippen molar-refractivity contribution in [3.8, 4) is 11.3 Å². The molecule has 3 heterocycles. The summed E-state index contributed by atoms with van der Waals surface area (Å²) in [5.74, 6) is -0.643. The molecule has 2 aromatic rings. The molecule has 2 fully saturated rings. The van der Waals surface area contributed by atoms with Gasteiger partial charge in [0.1, 0.15) is 11.5 Å². The van der Waals surface area contributed by atoms with Crippen LogP contribution in [-0.2, 0) is 21.4 Å². The average Bonchev–Trinajstić information content (AvgIpc) is 3.43. The first-order valence-electron chi connectivity index (χ1n) is 11.0. The van der Waals surface area contributed by atoms with Crippen LogP contribution in [0.4, 0.5) is 4.39 Å². The van der Waals surface area contributed by atoms with Crippen LogP contribution in [0.25, 0.3) is 11.3 Å². The lowest BCUT2D eigenvalue weighted by molar-refractivity contribution is -0.136. The van der Waals surface area contributed by atoms with Gasteiger partial charge in [-0.1, -0.05) is 26.0 Å². The molecule has 1 amide bonds. The first-order valence-corrected chi connectivity index (χ1v) is 12.9. The minimum atomic E-state index is -3.44. The van der Waals surface area contributed by atoms with Gasteiger partial charge in [-0.05, 0) is 36.1 Å².